The van der Waals surface area contributed by atoms with E-state index in [0.29, 0.717) is 18.0 Å². The van der Waals surface area contributed by atoms with Gasteiger partial charge in [0, 0.05) is 31.1 Å². The number of carbonyl (C=O) groups is 1. The molecule has 3 aliphatic rings. The number of ether oxygens (including phenoxy) is 2. The number of amides is 1. The third-order valence-electron chi connectivity index (χ3n) is 7.79. The zero-order valence-corrected chi connectivity index (χ0v) is 20.2. The Bertz CT molecular complexity index is 770. The standard InChI is InChI=1S/C26H41N3O3/c1-4-13-29(22-9-14-28(15-10-22)26(30)19-7-11-27-12-8-19)23-6-5-20-17-24(31-2)25(32-3)18-21(20)16-23/h17-19,22-23,27H,4-16H2,1-3H3. The minimum absolute atomic E-state index is 0.237. The number of carbonyl (C=O) groups excluding carboxylic acids is 1. The third-order valence-corrected chi connectivity index (χ3v) is 7.79. The summed E-state index contributed by atoms with van der Waals surface area (Å²) in [5.41, 5.74) is 2.80. The lowest BCUT2D eigenvalue weighted by Gasteiger charge is -2.44. The Morgan fingerprint density at radius 3 is 2.28 bits per heavy atom. The van der Waals surface area contributed by atoms with Crippen LogP contribution in [0.1, 0.15) is 56.6 Å². The monoisotopic (exact) mass is 443 g/mol. The number of fused-ring (bicyclic) bond motifs is 1. The zero-order valence-electron chi connectivity index (χ0n) is 20.2. The van der Waals surface area contributed by atoms with E-state index in [4.69, 9.17) is 9.47 Å². The van der Waals surface area contributed by atoms with E-state index < -0.39 is 0 Å². The van der Waals surface area contributed by atoms with Gasteiger partial charge < -0.3 is 19.7 Å². The van der Waals surface area contributed by atoms with Crippen molar-refractivity contribution < 1.29 is 14.3 Å². The van der Waals surface area contributed by atoms with E-state index in [9.17, 15) is 4.79 Å². The maximum Gasteiger partial charge on any atom is 0.225 e. The van der Waals surface area contributed by atoms with Crippen LogP contribution in [0.2, 0.25) is 0 Å². The first-order valence-electron chi connectivity index (χ1n) is 12.6. The molecule has 2 saturated heterocycles. The number of rotatable bonds is 7. The SMILES string of the molecule is CCCN(C1CCN(C(=O)C2CCNCC2)CC1)C1CCc2cc(OC)c(OC)cc2C1. The molecule has 6 nitrogen and oxygen atoms in total. The van der Waals surface area contributed by atoms with Gasteiger partial charge in [-0.3, -0.25) is 9.69 Å². The summed E-state index contributed by atoms with van der Waals surface area (Å²) in [6.45, 7) is 7.23. The Hall–Kier alpha value is -1.79. The normalized spacial score (nSPS) is 22.6. The highest BCUT2D eigenvalue weighted by Gasteiger charge is 2.34. The van der Waals surface area contributed by atoms with Crippen molar-refractivity contribution in [1.29, 1.82) is 0 Å². The molecule has 4 rings (SSSR count). The van der Waals surface area contributed by atoms with Crippen LogP contribution in [0.15, 0.2) is 12.1 Å². The summed E-state index contributed by atoms with van der Waals surface area (Å²) in [7, 11) is 3.42. The molecule has 0 aromatic heterocycles. The number of likely N-dealkylation sites (tertiary alicyclic amines) is 1. The Balaban J connectivity index is 1.39. The van der Waals surface area contributed by atoms with Crippen LogP contribution >= 0.6 is 0 Å². The molecule has 1 N–H and O–H groups in total. The van der Waals surface area contributed by atoms with Gasteiger partial charge in [-0.1, -0.05) is 6.92 Å². The van der Waals surface area contributed by atoms with Crippen molar-refractivity contribution in [2.75, 3.05) is 46.9 Å². The molecular weight excluding hydrogens is 402 g/mol. The molecule has 1 unspecified atom stereocenters. The van der Waals surface area contributed by atoms with Crippen molar-refractivity contribution in [3.8, 4) is 11.5 Å². The van der Waals surface area contributed by atoms with Crippen molar-refractivity contribution in [2.45, 2.75) is 70.4 Å². The van der Waals surface area contributed by atoms with E-state index in [1.165, 1.54) is 24.0 Å². The predicted octanol–water partition coefficient (Wildman–Crippen LogP) is 3.26. The Morgan fingerprint density at radius 2 is 1.66 bits per heavy atom. The Morgan fingerprint density at radius 1 is 1.00 bits per heavy atom. The maximum absolute atomic E-state index is 13.0. The fourth-order valence-corrected chi connectivity index (χ4v) is 6.01. The van der Waals surface area contributed by atoms with Gasteiger partial charge >= 0.3 is 0 Å². The zero-order chi connectivity index (χ0) is 22.5. The molecule has 2 aliphatic heterocycles. The van der Waals surface area contributed by atoms with Crippen molar-refractivity contribution >= 4 is 5.91 Å². The highest BCUT2D eigenvalue weighted by atomic mass is 16.5. The number of benzene rings is 1. The largest absolute Gasteiger partial charge is 0.493 e. The number of aryl methyl sites for hydroxylation is 1. The third kappa shape index (κ3) is 5.07. The highest BCUT2D eigenvalue weighted by molar-refractivity contribution is 5.79. The molecule has 0 saturated carbocycles. The van der Waals surface area contributed by atoms with E-state index in [1.807, 2.05) is 0 Å². The first kappa shape index (κ1) is 23.4. The molecule has 1 amide bonds. The van der Waals surface area contributed by atoms with Crippen LogP contribution in [0.3, 0.4) is 0 Å². The van der Waals surface area contributed by atoms with Gasteiger partial charge in [0.25, 0.3) is 0 Å². The van der Waals surface area contributed by atoms with Gasteiger partial charge in [-0.2, -0.15) is 0 Å². The molecule has 1 aromatic rings. The average molecular weight is 444 g/mol. The topological polar surface area (TPSA) is 54.0 Å². The molecular formula is C26H41N3O3. The molecule has 6 heteroatoms. The number of nitrogens with zero attached hydrogens (tertiary/aromatic N) is 2. The van der Waals surface area contributed by atoms with Gasteiger partial charge in [0.1, 0.15) is 0 Å². The van der Waals surface area contributed by atoms with Gasteiger partial charge in [0.15, 0.2) is 11.5 Å². The van der Waals surface area contributed by atoms with Crippen molar-refractivity contribution in [3.05, 3.63) is 23.3 Å². The van der Waals surface area contributed by atoms with Gasteiger partial charge in [-0.05, 0) is 94.3 Å². The number of piperidine rings is 2. The second-order valence-electron chi connectivity index (χ2n) is 9.69. The predicted molar refractivity (Wildman–Crippen MR) is 128 cm³/mol. The van der Waals surface area contributed by atoms with Gasteiger partial charge in [0.2, 0.25) is 5.91 Å². The summed E-state index contributed by atoms with van der Waals surface area (Å²) in [6, 6.07) is 5.50. The lowest BCUT2D eigenvalue weighted by atomic mass is 9.85. The summed E-state index contributed by atoms with van der Waals surface area (Å²) in [4.78, 5) is 17.9. The van der Waals surface area contributed by atoms with Crippen LogP contribution < -0.4 is 14.8 Å². The van der Waals surface area contributed by atoms with Gasteiger partial charge in [-0.15, -0.1) is 0 Å². The lowest BCUT2D eigenvalue weighted by molar-refractivity contribution is -0.138. The first-order chi connectivity index (χ1) is 15.6. The maximum atomic E-state index is 13.0. The molecule has 0 spiro atoms. The van der Waals surface area contributed by atoms with Crippen molar-refractivity contribution in [1.82, 2.24) is 15.1 Å². The molecule has 2 heterocycles. The minimum Gasteiger partial charge on any atom is -0.493 e. The quantitative estimate of drug-likeness (QED) is 0.701. The van der Waals surface area contributed by atoms with Crippen LogP contribution in [-0.4, -0.2) is 74.7 Å². The summed E-state index contributed by atoms with van der Waals surface area (Å²) in [5, 5.41) is 3.37. The van der Waals surface area contributed by atoms with Crippen molar-refractivity contribution in [3.63, 3.8) is 0 Å². The fourth-order valence-electron chi connectivity index (χ4n) is 6.01. The van der Waals surface area contributed by atoms with E-state index in [0.717, 1.165) is 82.7 Å². The summed E-state index contributed by atoms with van der Waals surface area (Å²) in [5.74, 6) is 2.31. The van der Waals surface area contributed by atoms with E-state index in [1.54, 1.807) is 14.2 Å². The van der Waals surface area contributed by atoms with Crippen LogP contribution in [0.5, 0.6) is 11.5 Å². The molecule has 0 bridgehead atoms. The number of nitrogens with one attached hydrogen (secondary N) is 1. The fraction of sp³-hybridized carbons (Fsp3) is 0.731. The lowest BCUT2D eigenvalue weighted by Crippen LogP contribution is -2.52. The second kappa shape index (κ2) is 10.9. The summed E-state index contributed by atoms with van der Waals surface area (Å²) < 4.78 is 11.1. The number of methoxy groups -OCH3 is 2. The molecule has 1 aromatic carbocycles. The Kier molecular flexibility index (Phi) is 7.95. The molecule has 1 atom stereocenters. The van der Waals surface area contributed by atoms with Gasteiger partial charge in [-0.25, -0.2) is 0 Å². The number of hydrogen-bond donors (Lipinski definition) is 1. The van der Waals surface area contributed by atoms with Crippen LogP contribution in [-0.2, 0) is 17.6 Å². The Labute approximate surface area is 193 Å². The summed E-state index contributed by atoms with van der Waals surface area (Å²) in [6.07, 6.45) is 8.72. The molecule has 0 radical (unpaired) electrons. The number of hydrogen-bond acceptors (Lipinski definition) is 5. The van der Waals surface area contributed by atoms with Crippen LogP contribution in [0, 0.1) is 5.92 Å². The highest BCUT2D eigenvalue weighted by Crippen LogP contribution is 2.36. The van der Waals surface area contributed by atoms with Gasteiger partial charge in [0.05, 0.1) is 14.2 Å². The molecule has 178 valence electrons. The molecule has 1 aliphatic carbocycles. The first-order valence-corrected chi connectivity index (χ1v) is 12.6. The minimum atomic E-state index is 0.237. The molecule has 2 fully saturated rings. The van der Waals surface area contributed by atoms with Crippen LogP contribution in [0.25, 0.3) is 0 Å². The summed E-state index contributed by atoms with van der Waals surface area (Å²) >= 11 is 0. The van der Waals surface area contributed by atoms with E-state index in [2.05, 4.69) is 34.2 Å². The smallest absolute Gasteiger partial charge is 0.225 e. The van der Waals surface area contributed by atoms with E-state index >= 15 is 0 Å². The van der Waals surface area contributed by atoms with Crippen molar-refractivity contribution in [2.24, 2.45) is 5.92 Å². The average Bonchev–Trinajstić information content (AvgIpc) is 2.86. The molecule has 32 heavy (non-hydrogen) atoms. The van der Waals surface area contributed by atoms with E-state index in [-0.39, 0.29) is 5.92 Å². The second-order valence-corrected chi connectivity index (χ2v) is 9.69. The van der Waals surface area contributed by atoms with Crippen LogP contribution in [0.4, 0.5) is 0 Å².